The van der Waals surface area contributed by atoms with Crippen LogP contribution in [0.25, 0.3) is 0 Å². The number of nitrogen functional groups attached to an aromatic ring is 1. The summed E-state index contributed by atoms with van der Waals surface area (Å²) in [6.45, 7) is 0.686. The Kier molecular flexibility index (Phi) is 8.00. The van der Waals surface area contributed by atoms with Gasteiger partial charge in [0.25, 0.3) is 0 Å². The summed E-state index contributed by atoms with van der Waals surface area (Å²) in [6, 6.07) is 12.7. The van der Waals surface area contributed by atoms with Crippen LogP contribution in [0.3, 0.4) is 0 Å². The van der Waals surface area contributed by atoms with Crippen LogP contribution in [0.2, 0.25) is 5.02 Å². The number of amides is 1. The van der Waals surface area contributed by atoms with Gasteiger partial charge in [-0.05, 0) is 42.5 Å². The van der Waals surface area contributed by atoms with E-state index in [4.69, 9.17) is 26.8 Å². The molecule has 0 atom stereocenters. The highest BCUT2D eigenvalue weighted by molar-refractivity contribution is 9.10. The predicted octanol–water partition coefficient (Wildman–Crippen LogP) is 3.69. The van der Waals surface area contributed by atoms with Crippen LogP contribution < -0.4 is 20.6 Å². The lowest BCUT2D eigenvalue weighted by molar-refractivity contribution is -0.120. The van der Waals surface area contributed by atoms with Crippen molar-refractivity contribution in [3.05, 3.63) is 62.5 Å². The van der Waals surface area contributed by atoms with Crippen molar-refractivity contribution in [2.24, 2.45) is 5.10 Å². The number of rotatable bonds is 9. The second kappa shape index (κ2) is 10.9. The molecule has 0 saturated heterocycles. The van der Waals surface area contributed by atoms with Crippen LogP contribution in [0.15, 0.2) is 52.0 Å². The normalized spacial score (nSPS) is 10.9. The zero-order chi connectivity index (χ0) is 21.3. The van der Waals surface area contributed by atoms with Gasteiger partial charge < -0.3 is 15.2 Å². The minimum atomic E-state index is -0.338. The first-order valence-electron chi connectivity index (χ1n) is 8.70. The highest BCUT2D eigenvalue weighted by Crippen LogP contribution is 2.22. The molecular weight excluding hydrogens is 494 g/mol. The van der Waals surface area contributed by atoms with Crippen LogP contribution in [0, 0.1) is 0 Å². The number of hydrogen-bond donors (Lipinski definition) is 2. The summed E-state index contributed by atoms with van der Waals surface area (Å²) in [6.07, 6.45) is 1.50. The van der Waals surface area contributed by atoms with Gasteiger partial charge in [0.05, 0.1) is 12.6 Å². The predicted molar refractivity (Wildman–Crippen MR) is 120 cm³/mol. The van der Waals surface area contributed by atoms with Crippen LogP contribution in [0.1, 0.15) is 10.6 Å². The van der Waals surface area contributed by atoms with E-state index in [0.29, 0.717) is 39.7 Å². The molecule has 0 saturated carbocycles. The molecule has 30 heavy (non-hydrogen) atoms. The van der Waals surface area contributed by atoms with E-state index in [-0.39, 0.29) is 12.3 Å². The molecule has 1 amide bonds. The second-order valence-electron chi connectivity index (χ2n) is 5.84. The molecule has 0 bridgehead atoms. The molecule has 3 N–H and O–H groups in total. The molecule has 0 fully saturated rings. The molecule has 156 valence electrons. The molecule has 0 aliphatic carbocycles. The lowest BCUT2D eigenvalue weighted by atomic mass is 10.2. The zero-order valence-electron chi connectivity index (χ0n) is 15.5. The second-order valence-corrected chi connectivity index (χ2v) is 8.28. The van der Waals surface area contributed by atoms with E-state index < -0.39 is 0 Å². The molecule has 0 aliphatic rings. The van der Waals surface area contributed by atoms with Gasteiger partial charge in [0.1, 0.15) is 29.7 Å². The lowest BCUT2D eigenvalue weighted by Gasteiger charge is -2.11. The van der Waals surface area contributed by atoms with Crippen molar-refractivity contribution in [2.75, 3.05) is 18.9 Å². The van der Waals surface area contributed by atoms with Crippen LogP contribution in [-0.4, -0.2) is 35.5 Å². The monoisotopic (exact) mass is 509 g/mol. The topological polar surface area (TPSA) is 112 Å². The van der Waals surface area contributed by atoms with E-state index in [1.807, 2.05) is 24.3 Å². The smallest absolute Gasteiger partial charge is 0.247 e. The SMILES string of the molecule is Nc1nnc(CC(=O)N/N=C/c2cc(Cl)ccc2OCCOc2ccc(Br)cc2)s1. The van der Waals surface area contributed by atoms with Crippen molar-refractivity contribution in [1.29, 1.82) is 0 Å². The Morgan fingerprint density at radius 2 is 1.97 bits per heavy atom. The van der Waals surface area contributed by atoms with Crippen molar-refractivity contribution in [3.8, 4) is 11.5 Å². The molecule has 1 heterocycles. The third-order valence-electron chi connectivity index (χ3n) is 3.58. The van der Waals surface area contributed by atoms with E-state index in [1.165, 1.54) is 6.21 Å². The Hall–Kier alpha value is -2.69. The number of hydrazone groups is 1. The van der Waals surface area contributed by atoms with Gasteiger partial charge >= 0.3 is 0 Å². The number of carbonyl (C=O) groups is 1. The number of halogens is 2. The maximum Gasteiger partial charge on any atom is 0.247 e. The van der Waals surface area contributed by atoms with Crippen LogP contribution >= 0.6 is 38.9 Å². The first kappa shape index (κ1) is 22.0. The zero-order valence-corrected chi connectivity index (χ0v) is 18.7. The van der Waals surface area contributed by atoms with Crippen molar-refractivity contribution < 1.29 is 14.3 Å². The number of benzene rings is 2. The number of hydrogen-bond acceptors (Lipinski definition) is 8. The summed E-state index contributed by atoms with van der Waals surface area (Å²) >= 11 is 10.6. The summed E-state index contributed by atoms with van der Waals surface area (Å²) in [7, 11) is 0. The van der Waals surface area contributed by atoms with Gasteiger partial charge in [-0.3, -0.25) is 4.79 Å². The van der Waals surface area contributed by atoms with Gasteiger partial charge in [0.2, 0.25) is 11.0 Å². The number of carbonyl (C=O) groups excluding carboxylic acids is 1. The molecule has 0 unspecified atom stereocenters. The Labute approximate surface area is 190 Å². The van der Waals surface area contributed by atoms with Crippen molar-refractivity contribution in [3.63, 3.8) is 0 Å². The fraction of sp³-hybridized carbons (Fsp3) is 0.158. The molecule has 2 aromatic carbocycles. The van der Waals surface area contributed by atoms with Gasteiger partial charge in [0.15, 0.2) is 0 Å². The minimum Gasteiger partial charge on any atom is -0.490 e. The molecule has 1 aromatic heterocycles. The van der Waals surface area contributed by atoms with Gasteiger partial charge in [-0.2, -0.15) is 5.10 Å². The van der Waals surface area contributed by atoms with Crippen LogP contribution in [0.4, 0.5) is 5.13 Å². The van der Waals surface area contributed by atoms with E-state index in [0.717, 1.165) is 21.6 Å². The number of nitrogens with two attached hydrogens (primary N) is 1. The maximum absolute atomic E-state index is 11.9. The summed E-state index contributed by atoms with van der Waals surface area (Å²) in [5.74, 6) is 0.975. The molecule has 0 aliphatic heterocycles. The highest BCUT2D eigenvalue weighted by atomic mass is 79.9. The van der Waals surface area contributed by atoms with Gasteiger partial charge in [-0.15, -0.1) is 10.2 Å². The Balaban J connectivity index is 1.51. The molecule has 0 radical (unpaired) electrons. The van der Waals surface area contributed by atoms with Gasteiger partial charge in [0, 0.05) is 15.1 Å². The number of aromatic nitrogens is 2. The van der Waals surface area contributed by atoms with E-state index in [1.54, 1.807) is 18.2 Å². The minimum absolute atomic E-state index is 0.0402. The molecule has 8 nitrogen and oxygen atoms in total. The Morgan fingerprint density at radius 1 is 1.20 bits per heavy atom. The number of anilines is 1. The molecule has 3 aromatic rings. The summed E-state index contributed by atoms with van der Waals surface area (Å²) in [5.41, 5.74) is 8.54. The Morgan fingerprint density at radius 3 is 2.70 bits per heavy atom. The van der Waals surface area contributed by atoms with Crippen LogP contribution in [-0.2, 0) is 11.2 Å². The number of nitrogens with one attached hydrogen (secondary N) is 1. The standard InChI is InChI=1S/C19H17BrClN5O3S/c20-13-1-4-15(5-2-13)28-7-8-29-16-6-3-14(21)9-12(16)11-23-24-17(27)10-18-25-26-19(22)30-18/h1-6,9,11H,7-8,10H2,(H2,22,26)(H,24,27)/b23-11+. The van der Waals surface area contributed by atoms with Crippen molar-refractivity contribution >= 4 is 56.1 Å². The van der Waals surface area contributed by atoms with Crippen molar-refractivity contribution in [1.82, 2.24) is 15.6 Å². The number of ether oxygens (including phenoxy) is 2. The fourth-order valence-electron chi connectivity index (χ4n) is 2.28. The maximum atomic E-state index is 11.9. The van der Waals surface area contributed by atoms with Crippen LogP contribution in [0.5, 0.6) is 11.5 Å². The fourth-order valence-corrected chi connectivity index (χ4v) is 3.34. The number of nitrogens with zero attached hydrogens (tertiary/aromatic N) is 3. The Bertz CT molecular complexity index is 1030. The molecule has 3 rings (SSSR count). The summed E-state index contributed by atoms with van der Waals surface area (Å²) < 4.78 is 12.4. The average molecular weight is 511 g/mol. The molecule has 11 heteroatoms. The highest BCUT2D eigenvalue weighted by Gasteiger charge is 2.08. The van der Waals surface area contributed by atoms with Gasteiger partial charge in [-0.25, -0.2) is 5.43 Å². The van der Waals surface area contributed by atoms with E-state index in [9.17, 15) is 4.79 Å². The third-order valence-corrected chi connectivity index (χ3v) is 5.10. The quantitative estimate of drug-likeness (QED) is 0.258. The van der Waals surface area contributed by atoms with Gasteiger partial charge in [-0.1, -0.05) is 38.9 Å². The average Bonchev–Trinajstić information content (AvgIpc) is 3.12. The largest absolute Gasteiger partial charge is 0.490 e. The van der Waals surface area contributed by atoms with E-state index in [2.05, 4.69) is 36.7 Å². The first-order chi connectivity index (χ1) is 14.5. The summed E-state index contributed by atoms with van der Waals surface area (Å²) in [5, 5.41) is 12.8. The van der Waals surface area contributed by atoms with E-state index >= 15 is 0 Å². The third kappa shape index (κ3) is 6.97. The molecular formula is C19H17BrClN5O3S. The summed E-state index contributed by atoms with van der Waals surface area (Å²) in [4.78, 5) is 11.9. The first-order valence-corrected chi connectivity index (χ1v) is 10.7. The molecule has 0 spiro atoms. The lowest BCUT2D eigenvalue weighted by Crippen LogP contribution is -2.19. The van der Waals surface area contributed by atoms with Crippen molar-refractivity contribution in [2.45, 2.75) is 6.42 Å².